The van der Waals surface area contributed by atoms with Crippen molar-refractivity contribution in [3.8, 4) is 22.5 Å². The number of hydrogen-bond acceptors (Lipinski definition) is 2. The second-order valence-corrected chi connectivity index (χ2v) is 4.01. The molecule has 2 heteroatoms. The zero-order chi connectivity index (χ0) is 12.2. The van der Waals surface area contributed by atoms with E-state index in [0.717, 1.165) is 22.5 Å². The summed E-state index contributed by atoms with van der Waals surface area (Å²) >= 11 is 0. The summed E-state index contributed by atoms with van der Waals surface area (Å²) in [5.41, 5.74) is 4.15. The van der Waals surface area contributed by atoms with E-state index in [1.54, 1.807) is 6.20 Å². The second kappa shape index (κ2) is 4.80. The lowest BCUT2D eigenvalue weighted by molar-refractivity contribution is 1.29. The first-order valence-corrected chi connectivity index (χ1v) is 5.86. The third kappa shape index (κ3) is 2.13. The van der Waals surface area contributed by atoms with Crippen molar-refractivity contribution in [3.05, 3.63) is 73.1 Å². The zero-order valence-corrected chi connectivity index (χ0v) is 9.82. The van der Waals surface area contributed by atoms with E-state index in [2.05, 4.69) is 28.2 Å². The molecule has 3 rings (SSSR count). The smallest absolute Gasteiger partial charge is 0.0708 e. The SMILES string of the molecule is c1ccc(-c2cc(-c3ccccn3)ccn2)cc1. The van der Waals surface area contributed by atoms with E-state index in [1.807, 2.05) is 48.7 Å². The van der Waals surface area contributed by atoms with Crippen molar-refractivity contribution < 1.29 is 0 Å². The fourth-order valence-electron chi connectivity index (χ4n) is 1.89. The number of pyridine rings is 2. The van der Waals surface area contributed by atoms with Gasteiger partial charge in [-0.1, -0.05) is 36.4 Å². The van der Waals surface area contributed by atoms with Crippen LogP contribution in [-0.2, 0) is 0 Å². The van der Waals surface area contributed by atoms with Gasteiger partial charge in [0.05, 0.1) is 11.4 Å². The van der Waals surface area contributed by atoms with E-state index in [4.69, 9.17) is 0 Å². The molecule has 0 unspecified atom stereocenters. The Morgan fingerprint density at radius 2 is 1.33 bits per heavy atom. The van der Waals surface area contributed by atoms with Crippen LogP contribution in [0.5, 0.6) is 0 Å². The minimum Gasteiger partial charge on any atom is -0.256 e. The maximum atomic E-state index is 4.41. The van der Waals surface area contributed by atoms with Crippen LogP contribution >= 0.6 is 0 Å². The fourth-order valence-corrected chi connectivity index (χ4v) is 1.89. The normalized spacial score (nSPS) is 10.2. The molecule has 1 aromatic carbocycles. The van der Waals surface area contributed by atoms with Crippen LogP contribution in [0.1, 0.15) is 0 Å². The first-order valence-electron chi connectivity index (χ1n) is 5.86. The molecular formula is C16H12N2. The molecule has 2 aromatic heterocycles. The standard InChI is InChI=1S/C16H12N2/c1-2-6-13(7-3-1)16-12-14(9-11-18-16)15-8-4-5-10-17-15/h1-12H. The lowest BCUT2D eigenvalue weighted by Crippen LogP contribution is -1.86. The van der Waals surface area contributed by atoms with Crippen LogP contribution in [0.3, 0.4) is 0 Å². The van der Waals surface area contributed by atoms with Crippen LogP contribution in [-0.4, -0.2) is 9.97 Å². The van der Waals surface area contributed by atoms with Gasteiger partial charge in [-0.15, -0.1) is 0 Å². The maximum Gasteiger partial charge on any atom is 0.0708 e. The minimum atomic E-state index is 0.970. The second-order valence-electron chi connectivity index (χ2n) is 4.01. The Hall–Kier alpha value is -2.48. The van der Waals surface area contributed by atoms with Crippen molar-refractivity contribution in [1.29, 1.82) is 0 Å². The summed E-state index contributed by atoms with van der Waals surface area (Å²) in [5, 5.41) is 0. The molecule has 0 saturated carbocycles. The first-order chi connectivity index (χ1) is 8.93. The topological polar surface area (TPSA) is 25.8 Å². The van der Waals surface area contributed by atoms with Crippen LogP contribution in [0.2, 0.25) is 0 Å². The average molecular weight is 232 g/mol. The largest absolute Gasteiger partial charge is 0.256 e. The number of nitrogens with zero attached hydrogens (tertiary/aromatic N) is 2. The molecule has 0 atom stereocenters. The van der Waals surface area contributed by atoms with E-state index in [9.17, 15) is 0 Å². The Morgan fingerprint density at radius 1 is 0.556 bits per heavy atom. The zero-order valence-electron chi connectivity index (χ0n) is 9.82. The highest BCUT2D eigenvalue weighted by Crippen LogP contribution is 2.22. The van der Waals surface area contributed by atoms with E-state index < -0.39 is 0 Å². The molecular weight excluding hydrogens is 220 g/mol. The van der Waals surface area contributed by atoms with Crippen LogP contribution in [0.4, 0.5) is 0 Å². The molecule has 18 heavy (non-hydrogen) atoms. The molecule has 2 nitrogen and oxygen atoms in total. The van der Waals surface area contributed by atoms with E-state index in [-0.39, 0.29) is 0 Å². The van der Waals surface area contributed by atoms with Crippen molar-refractivity contribution in [2.75, 3.05) is 0 Å². The molecule has 0 aliphatic rings. The third-order valence-corrected chi connectivity index (χ3v) is 2.79. The summed E-state index contributed by atoms with van der Waals surface area (Å²) < 4.78 is 0. The van der Waals surface area contributed by atoms with Crippen molar-refractivity contribution >= 4 is 0 Å². The lowest BCUT2D eigenvalue weighted by Gasteiger charge is -2.04. The monoisotopic (exact) mass is 232 g/mol. The van der Waals surface area contributed by atoms with Gasteiger partial charge in [0.15, 0.2) is 0 Å². The van der Waals surface area contributed by atoms with Gasteiger partial charge in [-0.3, -0.25) is 9.97 Å². The fraction of sp³-hybridized carbons (Fsp3) is 0. The molecule has 0 aliphatic heterocycles. The van der Waals surface area contributed by atoms with Crippen LogP contribution < -0.4 is 0 Å². The van der Waals surface area contributed by atoms with Gasteiger partial charge >= 0.3 is 0 Å². The van der Waals surface area contributed by atoms with Gasteiger partial charge in [0, 0.05) is 23.5 Å². The quantitative estimate of drug-likeness (QED) is 0.671. The summed E-state index contributed by atoms with van der Waals surface area (Å²) in [6, 6.07) is 20.1. The summed E-state index contributed by atoms with van der Waals surface area (Å²) in [4.78, 5) is 8.76. The summed E-state index contributed by atoms with van der Waals surface area (Å²) in [6.07, 6.45) is 3.63. The lowest BCUT2D eigenvalue weighted by atomic mass is 10.1. The Morgan fingerprint density at radius 3 is 2.11 bits per heavy atom. The number of rotatable bonds is 2. The van der Waals surface area contributed by atoms with Gasteiger partial charge in [-0.25, -0.2) is 0 Å². The van der Waals surface area contributed by atoms with Crippen molar-refractivity contribution in [1.82, 2.24) is 9.97 Å². The number of hydrogen-bond donors (Lipinski definition) is 0. The molecule has 2 heterocycles. The molecule has 0 aliphatic carbocycles. The average Bonchev–Trinajstić information content (AvgIpc) is 2.49. The Balaban J connectivity index is 2.05. The van der Waals surface area contributed by atoms with E-state index in [1.165, 1.54) is 0 Å². The van der Waals surface area contributed by atoms with Gasteiger partial charge < -0.3 is 0 Å². The predicted octanol–water partition coefficient (Wildman–Crippen LogP) is 3.81. The number of benzene rings is 1. The highest BCUT2D eigenvalue weighted by atomic mass is 14.7. The Labute approximate surface area is 106 Å². The van der Waals surface area contributed by atoms with Gasteiger partial charge in [0.25, 0.3) is 0 Å². The van der Waals surface area contributed by atoms with Crippen molar-refractivity contribution in [3.63, 3.8) is 0 Å². The summed E-state index contributed by atoms with van der Waals surface area (Å²) in [5.74, 6) is 0. The van der Waals surface area contributed by atoms with Gasteiger partial charge in [0.2, 0.25) is 0 Å². The van der Waals surface area contributed by atoms with Gasteiger partial charge in [-0.2, -0.15) is 0 Å². The highest BCUT2D eigenvalue weighted by molar-refractivity contribution is 5.67. The highest BCUT2D eigenvalue weighted by Gasteiger charge is 2.02. The predicted molar refractivity (Wildman–Crippen MR) is 72.9 cm³/mol. The number of aromatic nitrogens is 2. The molecule has 0 N–H and O–H groups in total. The molecule has 0 amide bonds. The maximum absolute atomic E-state index is 4.41. The Bertz CT molecular complexity index is 579. The first kappa shape index (κ1) is 10.7. The van der Waals surface area contributed by atoms with Gasteiger partial charge in [0.1, 0.15) is 0 Å². The molecule has 3 aromatic rings. The summed E-state index contributed by atoms with van der Waals surface area (Å²) in [7, 11) is 0. The van der Waals surface area contributed by atoms with Crippen LogP contribution in [0.15, 0.2) is 73.1 Å². The molecule has 0 fully saturated rings. The van der Waals surface area contributed by atoms with Gasteiger partial charge in [-0.05, 0) is 24.3 Å². The molecule has 0 spiro atoms. The third-order valence-electron chi connectivity index (χ3n) is 2.79. The van der Waals surface area contributed by atoms with Crippen LogP contribution in [0, 0.1) is 0 Å². The molecule has 86 valence electrons. The van der Waals surface area contributed by atoms with E-state index in [0.29, 0.717) is 0 Å². The minimum absolute atomic E-state index is 0.970. The van der Waals surface area contributed by atoms with Crippen LogP contribution in [0.25, 0.3) is 22.5 Å². The summed E-state index contributed by atoms with van der Waals surface area (Å²) in [6.45, 7) is 0. The molecule has 0 radical (unpaired) electrons. The Kier molecular flexibility index (Phi) is 2.84. The van der Waals surface area contributed by atoms with Crippen molar-refractivity contribution in [2.45, 2.75) is 0 Å². The van der Waals surface area contributed by atoms with E-state index >= 15 is 0 Å². The molecule has 0 bridgehead atoms. The molecule has 0 saturated heterocycles. The van der Waals surface area contributed by atoms with Crippen molar-refractivity contribution in [2.24, 2.45) is 0 Å².